The van der Waals surface area contributed by atoms with E-state index in [2.05, 4.69) is 43.1 Å². The number of ether oxygens (including phenoxy) is 3. The average molecular weight is 577 g/mol. The molecule has 0 bridgehead atoms. The summed E-state index contributed by atoms with van der Waals surface area (Å²) in [5.41, 5.74) is 4.66. The summed E-state index contributed by atoms with van der Waals surface area (Å²) < 4.78 is 32.3. The molecule has 0 unspecified atom stereocenters. The van der Waals surface area contributed by atoms with Gasteiger partial charge in [-0.2, -0.15) is 10.1 Å². The molecule has 2 heterocycles. The molecule has 34 heavy (non-hydrogen) atoms. The molecular formula is C24H25FIN5O3. The van der Waals surface area contributed by atoms with Crippen LogP contribution in [-0.2, 0) is 11.3 Å². The summed E-state index contributed by atoms with van der Waals surface area (Å²) in [5.74, 6) is 1.30. The summed E-state index contributed by atoms with van der Waals surface area (Å²) in [5, 5.41) is 4.23. The van der Waals surface area contributed by atoms with E-state index in [1.807, 2.05) is 54.3 Å². The van der Waals surface area contributed by atoms with Gasteiger partial charge in [0.15, 0.2) is 23.1 Å². The summed E-state index contributed by atoms with van der Waals surface area (Å²) in [6.45, 7) is 5.10. The Balaban J connectivity index is 1.46. The molecule has 1 saturated heterocycles. The van der Waals surface area contributed by atoms with Crippen molar-refractivity contribution in [2.24, 2.45) is 5.10 Å². The second kappa shape index (κ2) is 11.9. The fourth-order valence-corrected chi connectivity index (χ4v) is 4.15. The van der Waals surface area contributed by atoms with Gasteiger partial charge in [-0.25, -0.2) is 14.8 Å². The lowest BCUT2D eigenvalue weighted by Crippen LogP contribution is -2.37. The first-order valence-corrected chi connectivity index (χ1v) is 12.0. The van der Waals surface area contributed by atoms with E-state index in [-0.39, 0.29) is 11.8 Å². The second-order valence-corrected chi connectivity index (χ2v) is 8.53. The lowest BCUT2D eigenvalue weighted by atomic mass is 10.2. The van der Waals surface area contributed by atoms with Crippen LogP contribution in [0, 0.1) is 9.39 Å². The maximum absolute atomic E-state index is 14.2. The molecule has 2 aromatic carbocycles. The minimum Gasteiger partial charge on any atom is -0.490 e. The Kier molecular flexibility index (Phi) is 8.47. The largest absolute Gasteiger partial charge is 0.490 e. The zero-order chi connectivity index (χ0) is 23.8. The van der Waals surface area contributed by atoms with E-state index >= 15 is 0 Å². The van der Waals surface area contributed by atoms with Crippen molar-refractivity contribution in [3.05, 3.63) is 69.2 Å². The first-order chi connectivity index (χ1) is 16.6. The van der Waals surface area contributed by atoms with Crippen LogP contribution in [0.4, 0.5) is 16.2 Å². The number of anilines is 2. The van der Waals surface area contributed by atoms with Crippen LogP contribution in [0.3, 0.4) is 0 Å². The molecule has 1 aliphatic heterocycles. The van der Waals surface area contributed by atoms with Crippen molar-refractivity contribution in [2.45, 2.75) is 13.5 Å². The third-order valence-corrected chi connectivity index (χ3v) is 5.77. The lowest BCUT2D eigenvalue weighted by molar-refractivity contribution is 0.122. The van der Waals surface area contributed by atoms with E-state index in [1.54, 1.807) is 6.21 Å². The van der Waals surface area contributed by atoms with Crippen molar-refractivity contribution in [2.75, 3.05) is 43.2 Å². The first kappa shape index (κ1) is 24.1. The Hall–Kier alpha value is -2.99. The highest BCUT2D eigenvalue weighted by molar-refractivity contribution is 14.1. The zero-order valence-electron chi connectivity index (χ0n) is 18.7. The van der Waals surface area contributed by atoms with Gasteiger partial charge in [-0.05, 0) is 52.8 Å². The summed E-state index contributed by atoms with van der Waals surface area (Å²) in [6.07, 6.45) is 2.78. The van der Waals surface area contributed by atoms with Gasteiger partial charge in [-0.1, -0.05) is 30.3 Å². The predicted octanol–water partition coefficient (Wildman–Crippen LogP) is 4.48. The monoisotopic (exact) mass is 577 g/mol. The van der Waals surface area contributed by atoms with Crippen LogP contribution in [-0.4, -0.2) is 49.1 Å². The molecular weight excluding hydrogens is 552 g/mol. The molecule has 4 rings (SSSR count). The molecule has 1 aromatic heterocycles. The fraction of sp³-hybridized carbons (Fsp3) is 0.292. The van der Waals surface area contributed by atoms with Crippen molar-refractivity contribution < 1.29 is 18.6 Å². The Morgan fingerprint density at radius 2 is 2.00 bits per heavy atom. The molecule has 178 valence electrons. The van der Waals surface area contributed by atoms with Crippen LogP contribution in [0.2, 0.25) is 0 Å². The number of nitrogens with zero attached hydrogens (tertiary/aromatic N) is 4. The van der Waals surface area contributed by atoms with Crippen molar-refractivity contribution in [3.8, 4) is 11.5 Å². The highest BCUT2D eigenvalue weighted by Crippen LogP contribution is 2.34. The van der Waals surface area contributed by atoms with Crippen LogP contribution >= 0.6 is 22.6 Å². The van der Waals surface area contributed by atoms with Gasteiger partial charge in [-0.15, -0.1) is 0 Å². The molecule has 0 saturated carbocycles. The quantitative estimate of drug-likeness (QED) is 0.228. The van der Waals surface area contributed by atoms with Gasteiger partial charge in [0, 0.05) is 13.1 Å². The van der Waals surface area contributed by atoms with Crippen LogP contribution in [0.5, 0.6) is 11.5 Å². The molecule has 1 N–H and O–H groups in total. The predicted molar refractivity (Wildman–Crippen MR) is 137 cm³/mol. The normalized spacial score (nSPS) is 13.8. The van der Waals surface area contributed by atoms with E-state index in [1.165, 1.54) is 0 Å². The van der Waals surface area contributed by atoms with Gasteiger partial charge >= 0.3 is 0 Å². The van der Waals surface area contributed by atoms with E-state index in [4.69, 9.17) is 14.2 Å². The summed E-state index contributed by atoms with van der Waals surface area (Å²) in [4.78, 5) is 10.1. The van der Waals surface area contributed by atoms with Crippen LogP contribution < -0.4 is 19.8 Å². The molecule has 0 atom stereocenters. The highest BCUT2D eigenvalue weighted by atomic mass is 127. The number of rotatable bonds is 9. The van der Waals surface area contributed by atoms with Gasteiger partial charge in [-0.3, -0.25) is 0 Å². The van der Waals surface area contributed by atoms with E-state index < -0.39 is 5.82 Å². The topological polar surface area (TPSA) is 81.1 Å². The number of hydrazone groups is 1. The number of halogens is 2. The minimum atomic E-state index is -0.474. The van der Waals surface area contributed by atoms with Gasteiger partial charge in [0.05, 0.1) is 35.8 Å². The number of nitrogens with one attached hydrogen (secondary N) is 1. The van der Waals surface area contributed by atoms with E-state index in [0.717, 1.165) is 20.9 Å². The van der Waals surface area contributed by atoms with Crippen molar-refractivity contribution in [1.29, 1.82) is 0 Å². The standard InChI is InChI=1S/C24H25FIN5O3/c1-2-33-21-13-18(12-20(26)22(21)34-16-17-6-4-3-5-7-17)14-28-30-24-27-15-19(25)23(29-24)31-8-10-32-11-9-31/h3-7,12-15H,2,8-11,16H2,1H3,(H,27,29,30)/b28-14-. The fourth-order valence-electron chi connectivity index (χ4n) is 3.37. The molecule has 0 amide bonds. The summed E-state index contributed by atoms with van der Waals surface area (Å²) in [6, 6.07) is 13.8. The SMILES string of the molecule is CCOc1cc(/C=N\Nc2ncc(F)c(N3CCOCC3)n2)cc(I)c1OCc1ccccc1. The zero-order valence-corrected chi connectivity index (χ0v) is 20.9. The average Bonchev–Trinajstić information content (AvgIpc) is 2.86. The summed E-state index contributed by atoms with van der Waals surface area (Å²) in [7, 11) is 0. The number of hydrogen-bond donors (Lipinski definition) is 1. The Morgan fingerprint density at radius 1 is 1.21 bits per heavy atom. The smallest absolute Gasteiger partial charge is 0.245 e. The molecule has 10 heteroatoms. The number of morpholine rings is 1. The Morgan fingerprint density at radius 3 is 2.76 bits per heavy atom. The number of aromatic nitrogens is 2. The third-order valence-electron chi connectivity index (χ3n) is 4.97. The lowest BCUT2D eigenvalue weighted by Gasteiger charge is -2.27. The third kappa shape index (κ3) is 6.32. The van der Waals surface area contributed by atoms with Gasteiger partial charge < -0.3 is 19.1 Å². The van der Waals surface area contributed by atoms with Crippen LogP contribution in [0.25, 0.3) is 0 Å². The number of hydrogen-bond acceptors (Lipinski definition) is 8. The second-order valence-electron chi connectivity index (χ2n) is 7.37. The maximum atomic E-state index is 14.2. The van der Waals surface area contributed by atoms with E-state index in [0.29, 0.717) is 51.0 Å². The first-order valence-electron chi connectivity index (χ1n) is 10.9. The Labute approximate surface area is 211 Å². The summed E-state index contributed by atoms with van der Waals surface area (Å²) >= 11 is 2.22. The maximum Gasteiger partial charge on any atom is 0.245 e. The molecule has 1 aliphatic rings. The van der Waals surface area contributed by atoms with Gasteiger partial charge in [0.25, 0.3) is 0 Å². The van der Waals surface area contributed by atoms with Gasteiger partial charge in [0.1, 0.15) is 6.61 Å². The van der Waals surface area contributed by atoms with Crippen LogP contribution in [0.15, 0.2) is 53.8 Å². The number of benzene rings is 2. The van der Waals surface area contributed by atoms with Crippen molar-refractivity contribution in [3.63, 3.8) is 0 Å². The molecule has 0 radical (unpaired) electrons. The molecule has 0 aliphatic carbocycles. The van der Waals surface area contributed by atoms with E-state index in [9.17, 15) is 4.39 Å². The molecule has 3 aromatic rings. The Bertz CT molecular complexity index is 1130. The van der Waals surface area contributed by atoms with Gasteiger partial charge in [0.2, 0.25) is 5.95 Å². The van der Waals surface area contributed by atoms with Crippen LogP contribution in [0.1, 0.15) is 18.1 Å². The minimum absolute atomic E-state index is 0.210. The molecule has 1 fully saturated rings. The van der Waals surface area contributed by atoms with Crippen molar-refractivity contribution in [1.82, 2.24) is 9.97 Å². The molecule has 0 spiro atoms. The molecule has 8 nitrogen and oxygen atoms in total. The van der Waals surface area contributed by atoms with Crippen molar-refractivity contribution >= 4 is 40.6 Å². The highest BCUT2D eigenvalue weighted by Gasteiger charge is 2.18.